The van der Waals surface area contributed by atoms with Crippen molar-refractivity contribution in [3.63, 3.8) is 0 Å². The third-order valence-electron chi connectivity index (χ3n) is 5.21. The van der Waals surface area contributed by atoms with E-state index in [0.717, 1.165) is 18.8 Å². The zero-order chi connectivity index (χ0) is 19.8. The number of carbonyl (C=O) groups is 2. The average molecular weight is 453 g/mol. The van der Waals surface area contributed by atoms with E-state index in [1.807, 2.05) is 18.2 Å². The maximum Gasteiger partial charge on any atom is 0.251 e. The van der Waals surface area contributed by atoms with Crippen LogP contribution < -0.4 is 16.0 Å². The molecule has 1 aromatic carbocycles. The monoisotopic (exact) mass is 452 g/mol. The first-order valence-corrected chi connectivity index (χ1v) is 9.90. The van der Waals surface area contributed by atoms with Crippen molar-refractivity contribution in [3.8, 4) is 0 Å². The van der Waals surface area contributed by atoms with Gasteiger partial charge in [-0.05, 0) is 68.1 Å². The molecule has 3 N–H and O–H groups in total. The number of pyridine rings is 1. The number of carbonyl (C=O) groups excluding carboxylic acids is 2. The van der Waals surface area contributed by atoms with E-state index in [2.05, 4.69) is 27.9 Å². The Hall–Kier alpha value is -2.15. The molecule has 0 saturated carbocycles. The second kappa shape index (κ2) is 13.2. The number of halogens is 2. The highest BCUT2D eigenvalue weighted by molar-refractivity contribution is 5.97. The molecule has 2 amide bonds. The highest BCUT2D eigenvalue weighted by Gasteiger charge is 2.22. The summed E-state index contributed by atoms with van der Waals surface area (Å²) < 4.78 is 0. The maximum absolute atomic E-state index is 12.4. The lowest BCUT2D eigenvalue weighted by molar-refractivity contribution is -0.117. The lowest BCUT2D eigenvalue weighted by Crippen LogP contribution is -2.34. The predicted molar refractivity (Wildman–Crippen MR) is 124 cm³/mol. The van der Waals surface area contributed by atoms with Crippen LogP contribution in [0, 0.1) is 11.8 Å². The Morgan fingerprint density at radius 3 is 2.73 bits per heavy atom. The highest BCUT2D eigenvalue weighted by atomic mass is 35.5. The molecule has 0 aliphatic carbocycles. The van der Waals surface area contributed by atoms with Crippen molar-refractivity contribution < 1.29 is 9.59 Å². The van der Waals surface area contributed by atoms with Gasteiger partial charge < -0.3 is 16.0 Å². The van der Waals surface area contributed by atoms with Gasteiger partial charge in [0.25, 0.3) is 5.91 Å². The fourth-order valence-electron chi connectivity index (χ4n) is 3.55. The quantitative estimate of drug-likeness (QED) is 0.595. The zero-order valence-corrected chi connectivity index (χ0v) is 18.7. The van der Waals surface area contributed by atoms with Crippen molar-refractivity contribution in [2.75, 3.05) is 18.4 Å². The van der Waals surface area contributed by atoms with Crippen LogP contribution >= 0.6 is 24.8 Å². The summed E-state index contributed by atoms with van der Waals surface area (Å²) in [5, 5.41) is 9.18. The smallest absolute Gasteiger partial charge is 0.251 e. The minimum atomic E-state index is -0.191. The maximum atomic E-state index is 12.4. The Kier molecular flexibility index (Phi) is 11.4. The Bertz CT molecular complexity index is 799. The molecule has 8 heteroatoms. The minimum absolute atomic E-state index is 0. The van der Waals surface area contributed by atoms with Gasteiger partial charge in [0.1, 0.15) is 0 Å². The normalized spacial score (nSPS) is 16.4. The Morgan fingerprint density at radius 2 is 2.03 bits per heavy atom. The first-order chi connectivity index (χ1) is 13.6. The van der Waals surface area contributed by atoms with Gasteiger partial charge >= 0.3 is 0 Å². The third-order valence-corrected chi connectivity index (χ3v) is 5.21. The van der Waals surface area contributed by atoms with E-state index >= 15 is 0 Å². The molecule has 3 rings (SSSR count). The van der Waals surface area contributed by atoms with Crippen LogP contribution in [0.25, 0.3) is 0 Å². The summed E-state index contributed by atoms with van der Waals surface area (Å²) in [4.78, 5) is 29.0. The molecule has 0 spiro atoms. The lowest BCUT2D eigenvalue weighted by atomic mass is 9.85. The van der Waals surface area contributed by atoms with Gasteiger partial charge in [-0.1, -0.05) is 19.1 Å². The van der Waals surface area contributed by atoms with E-state index < -0.39 is 0 Å². The van der Waals surface area contributed by atoms with Gasteiger partial charge in [0, 0.05) is 23.9 Å². The molecule has 0 radical (unpaired) electrons. The predicted octanol–water partition coefficient (Wildman–Crippen LogP) is 3.82. The highest BCUT2D eigenvalue weighted by Crippen LogP contribution is 2.23. The molecule has 2 unspecified atom stereocenters. The number of nitrogens with one attached hydrogen (secondary N) is 3. The molecule has 1 aromatic heterocycles. The van der Waals surface area contributed by atoms with Crippen LogP contribution in [0.3, 0.4) is 0 Å². The molecule has 1 aliphatic rings. The van der Waals surface area contributed by atoms with Crippen LogP contribution in [0.4, 0.5) is 5.69 Å². The first kappa shape index (κ1) is 25.9. The van der Waals surface area contributed by atoms with Gasteiger partial charge in [-0.15, -0.1) is 24.8 Å². The fraction of sp³-hybridized carbons (Fsp3) is 0.409. The Labute approximate surface area is 190 Å². The van der Waals surface area contributed by atoms with Crippen molar-refractivity contribution in [1.82, 2.24) is 15.6 Å². The average Bonchev–Trinajstić information content (AvgIpc) is 2.73. The Morgan fingerprint density at radius 1 is 1.20 bits per heavy atom. The molecule has 2 aromatic rings. The summed E-state index contributed by atoms with van der Waals surface area (Å²) in [6.45, 7) is 4.56. The van der Waals surface area contributed by atoms with Crippen LogP contribution in [0.15, 0.2) is 48.7 Å². The van der Waals surface area contributed by atoms with Crippen molar-refractivity contribution in [3.05, 3.63) is 59.9 Å². The van der Waals surface area contributed by atoms with E-state index in [9.17, 15) is 9.59 Å². The number of amides is 2. The molecule has 6 nitrogen and oxygen atoms in total. The largest absolute Gasteiger partial charge is 0.346 e. The van der Waals surface area contributed by atoms with Gasteiger partial charge in [-0.3, -0.25) is 14.6 Å². The standard InChI is InChI=1S/C22H28N4O2.2ClH/c1-16(18-7-5-10-23-14-18)12-21(27)26-19-9-4-6-17(13-19)22(28)25-15-20-8-2-3-11-24-20;;/h2-4,6,8-9,11,13,16,18,23H,5,7,10,12,14-15H2,1H3,(H,25,28)(H,26,27);2*1H. The van der Waals surface area contributed by atoms with Gasteiger partial charge in [0.15, 0.2) is 0 Å². The van der Waals surface area contributed by atoms with Crippen molar-refractivity contribution in [2.45, 2.75) is 32.7 Å². The molecule has 2 atom stereocenters. The molecule has 0 bridgehead atoms. The number of aromatic nitrogens is 1. The Balaban J connectivity index is 0.00000225. The third kappa shape index (κ3) is 7.94. The zero-order valence-electron chi connectivity index (χ0n) is 17.1. The SMILES string of the molecule is CC(CC(=O)Nc1cccc(C(=O)NCc2ccccn2)c1)C1CCCNC1.Cl.Cl. The van der Waals surface area contributed by atoms with Crippen molar-refractivity contribution in [2.24, 2.45) is 11.8 Å². The van der Waals surface area contributed by atoms with E-state index in [1.54, 1.807) is 30.5 Å². The second-order valence-electron chi connectivity index (χ2n) is 7.42. The molecule has 30 heavy (non-hydrogen) atoms. The van der Waals surface area contributed by atoms with E-state index in [1.165, 1.54) is 12.8 Å². The van der Waals surface area contributed by atoms with Crippen molar-refractivity contribution in [1.29, 1.82) is 0 Å². The number of rotatable bonds is 7. The minimum Gasteiger partial charge on any atom is -0.346 e. The first-order valence-electron chi connectivity index (χ1n) is 9.90. The number of nitrogens with zero attached hydrogens (tertiary/aromatic N) is 1. The number of hydrogen-bond donors (Lipinski definition) is 3. The van der Waals surface area contributed by atoms with Crippen LogP contribution in [0.2, 0.25) is 0 Å². The van der Waals surface area contributed by atoms with Crippen LogP contribution in [-0.2, 0) is 11.3 Å². The number of hydrogen-bond acceptors (Lipinski definition) is 4. The molecular formula is C22H30Cl2N4O2. The topological polar surface area (TPSA) is 83.1 Å². The second-order valence-corrected chi connectivity index (χ2v) is 7.42. The van der Waals surface area contributed by atoms with Gasteiger partial charge in [0.2, 0.25) is 5.91 Å². The summed E-state index contributed by atoms with van der Waals surface area (Å²) in [6, 6.07) is 12.6. The summed E-state index contributed by atoms with van der Waals surface area (Å²) >= 11 is 0. The number of piperidine rings is 1. The van der Waals surface area contributed by atoms with Crippen molar-refractivity contribution >= 4 is 42.3 Å². The fourth-order valence-corrected chi connectivity index (χ4v) is 3.55. The molecule has 164 valence electrons. The summed E-state index contributed by atoms with van der Waals surface area (Å²) in [7, 11) is 0. The lowest BCUT2D eigenvalue weighted by Gasteiger charge is -2.28. The van der Waals surface area contributed by atoms with Gasteiger partial charge in [-0.25, -0.2) is 0 Å². The molecular weight excluding hydrogens is 423 g/mol. The van der Waals surface area contributed by atoms with Crippen LogP contribution in [0.5, 0.6) is 0 Å². The van der Waals surface area contributed by atoms with E-state index in [0.29, 0.717) is 36.1 Å². The van der Waals surface area contributed by atoms with Gasteiger partial charge in [-0.2, -0.15) is 0 Å². The van der Waals surface area contributed by atoms with Crippen LogP contribution in [0.1, 0.15) is 42.2 Å². The molecule has 1 aliphatic heterocycles. The summed E-state index contributed by atoms with van der Waals surface area (Å²) in [5.41, 5.74) is 1.95. The van der Waals surface area contributed by atoms with E-state index in [4.69, 9.17) is 0 Å². The van der Waals surface area contributed by atoms with Crippen LogP contribution in [-0.4, -0.2) is 29.9 Å². The summed E-state index contributed by atoms with van der Waals surface area (Å²) in [6.07, 6.45) is 4.53. The number of benzene rings is 1. The summed E-state index contributed by atoms with van der Waals surface area (Å²) in [5.74, 6) is 0.674. The number of anilines is 1. The molecule has 1 saturated heterocycles. The van der Waals surface area contributed by atoms with Gasteiger partial charge in [0.05, 0.1) is 12.2 Å². The molecule has 1 fully saturated rings. The molecule has 2 heterocycles. The van der Waals surface area contributed by atoms with E-state index in [-0.39, 0.29) is 36.6 Å².